The van der Waals surface area contributed by atoms with Gasteiger partial charge < -0.3 is 29.3 Å². The first-order valence-corrected chi connectivity index (χ1v) is 10.7. The van der Waals surface area contributed by atoms with Gasteiger partial charge in [0.15, 0.2) is 11.5 Å². The molecule has 1 saturated heterocycles. The fraction of sp³-hybridized carbons (Fsp3) is 0.360. The van der Waals surface area contributed by atoms with Crippen molar-refractivity contribution in [2.45, 2.75) is 26.3 Å². The van der Waals surface area contributed by atoms with Crippen LogP contribution in [0.5, 0.6) is 17.2 Å². The van der Waals surface area contributed by atoms with E-state index < -0.39 is 17.7 Å². The number of carbonyl (C=O) groups is 2. The van der Waals surface area contributed by atoms with Gasteiger partial charge in [-0.15, -0.1) is 0 Å². The lowest BCUT2D eigenvalue weighted by Gasteiger charge is -2.26. The Hall–Kier alpha value is -3.52. The van der Waals surface area contributed by atoms with Crippen LogP contribution < -0.4 is 9.47 Å². The van der Waals surface area contributed by atoms with E-state index in [-0.39, 0.29) is 29.4 Å². The third-order valence-corrected chi connectivity index (χ3v) is 5.58. The van der Waals surface area contributed by atoms with Crippen LogP contribution in [0.3, 0.4) is 0 Å². The fourth-order valence-electron chi connectivity index (χ4n) is 3.98. The number of ether oxygens (including phenoxy) is 3. The van der Waals surface area contributed by atoms with Gasteiger partial charge in [0.1, 0.15) is 11.5 Å². The number of aliphatic hydroxyl groups is 1. The zero-order valence-electron chi connectivity index (χ0n) is 19.3. The summed E-state index contributed by atoms with van der Waals surface area (Å²) in [4.78, 5) is 27.5. The van der Waals surface area contributed by atoms with Crippen LogP contribution in [0, 0.1) is 6.92 Å². The summed E-state index contributed by atoms with van der Waals surface area (Å²) in [6.45, 7) is 4.57. The van der Waals surface area contributed by atoms with Gasteiger partial charge in [-0.1, -0.05) is 6.07 Å². The largest absolute Gasteiger partial charge is 0.507 e. The molecule has 1 amide bonds. The minimum atomic E-state index is -0.844. The van der Waals surface area contributed by atoms with Crippen LogP contribution in [0.4, 0.5) is 0 Å². The highest BCUT2D eigenvalue weighted by Gasteiger charge is 2.46. The van der Waals surface area contributed by atoms with Gasteiger partial charge in [0, 0.05) is 25.8 Å². The number of aliphatic hydroxyl groups excluding tert-OH is 1. The van der Waals surface area contributed by atoms with Crippen molar-refractivity contribution < 1.29 is 34.0 Å². The van der Waals surface area contributed by atoms with Crippen LogP contribution >= 0.6 is 0 Å². The van der Waals surface area contributed by atoms with Crippen molar-refractivity contribution >= 4 is 17.4 Å². The van der Waals surface area contributed by atoms with E-state index in [9.17, 15) is 19.8 Å². The van der Waals surface area contributed by atoms with Crippen molar-refractivity contribution in [3.05, 3.63) is 58.7 Å². The first-order valence-electron chi connectivity index (χ1n) is 10.7. The highest BCUT2D eigenvalue weighted by Crippen LogP contribution is 2.42. The first kappa shape index (κ1) is 24.1. The zero-order valence-corrected chi connectivity index (χ0v) is 19.3. The molecule has 1 fully saturated rings. The number of benzene rings is 2. The van der Waals surface area contributed by atoms with Crippen molar-refractivity contribution in [2.24, 2.45) is 0 Å². The molecular weight excluding hydrogens is 426 g/mol. The SMILES string of the molecule is CCOc1cc([C@@H]2/C(=C(\O)c3ccc(OC)cc3C)C(=O)C(=O)N2CCCOC)ccc1O. The maximum absolute atomic E-state index is 13.1. The molecule has 1 aliphatic heterocycles. The van der Waals surface area contributed by atoms with Crippen molar-refractivity contribution in [1.82, 2.24) is 4.90 Å². The molecule has 1 aliphatic rings. The van der Waals surface area contributed by atoms with E-state index in [1.54, 1.807) is 58.4 Å². The number of hydrogen-bond acceptors (Lipinski definition) is 7. The molecule has 0 radical (unpaired) electrons. The van der Waals surface area contributed by atoms with Gasteiger partial charge >= 0.3 is 0 Å². The molecular formula is C25H29NO7. The minimum absolute atomic E-state index is 0.0150. The van der Waals surface area contributed by atoms with Crippen molar-refractivity contribution in [1.29, 1.82) is 0 Å². The van der Waals surface area contributed by atoms with Gasteiger partial charge in [-0.2, -0.15) is 0 Å². The summed E-state index contributed by atoms with van der Waals surface area (Å²) in [7, 11) is 3.10. The van der Waals surface area contributed by atoms with Crippen molar-refractivity contribution in [3.63, 3.8) is 0 Å². The number of amides is 1. The number of aromatic hydroxyl groups is 1. The van der Waals surface area contributed by atoms with E-state index >= 15 is 0 Å². The van der Waals surface area contributed by atoms with Gasteiger partial charge in [-0.25, -0.2) is 0 Å². The highest BCUT2D eigenvalue weighted by atomic mass is 16.5. The predicted molar refractivity (Wildman–Crippen MR) is 123 cm³/mol. The molecule has 1 atom stereocenters. The Balaban J connectivity index is 2.18. The molecule has 0 aliphatic carbocycles. The monoisotopic (exact) mass is 455 g/mol. The first-order chi connectivity index (χ1) is 15.8. The number of hydrogen-bond donors (Lipinski definition) is 2. The van der Waals surface area contributed by atoms with Crippen LogP contribution in [0.2, 0.25) is 0 Å². The summed E-state index contributed by atoms with van der Waals surface area (Å²) in [6, 6.07) is 8.89. The maximum atomic E-state index is 13.1. The van der Waals surface area contributed by atoms with Gasteiger partial charge in [0.05, 0.1) is 25.3 Å². The number of phenols is 1. The number of aryl methyl sites for hydroxylation is 1. The molecule has 8 heteroatoms. The maximum Gasteiger partial charge on any atom is 0.295 e. The molecule has 0 unspecified atom stereocenters. The minimum Gasteiger partial charge on any atom is -0.507 e. The molecule has 2 N–H and O–H groups in total. The summed E-state index contributed by atoms with van der Waals surface area (Å²) in [6.07, 6.45) is 0.512. The standard InChI is InChI=1S/C25H29NO7/c1-5-33-20-14-16(7-10-19(20)27)22-21(24(29)25(30)26(22)11-6-12-31-3)23(28)18-9-8-17(32-4)13-15(18)2/h7-10,13-14,22,27-28H,5-6,11-12H2,1-4H3/b23-21+/t22-/m1/s1. The third kappa shape index (κ3) is 4.80. The zero-order chi connectivity index (χ0) is 24.1. The Kier molecular flexibility index (Phi) is 7.60. The number of Topliss-reactive ketones (excluding diaryl/α,β-unsaturated/α-hetero) is 1. The summed E-state index contributed by atoms with van der Waals surface area (Å²) in [5.41, 5.74) is 1.65. The van der Waals surface area contributed by atoms with Crippen LogP contribution in [0.15, 0.2) is 42.0 Å². The van der Waals surface area contributed by atoms with Crippen LogP contribution in [0.1, 0.15) is 36.1 Å². The molecule has 3 rings (SSSR count). The lowest BCUT2D eigenvalue weighted by Crippen LogP contribution is -2.31. The fourth-order valence-corrected chi connectivity index (χ4v) is 3.98. The van der Waals surface area contributed by atoms with E-state index in [1.165, 1.54) is 11.0 Å². The number of rotatable bonds is 9. The van der Waals surface area contributed by atoms with Crippen molar-refractivity contribution in [3.8, 4) is 17.2 Å². The van der Waals surface area contributed by atoms with E-state index in [0.717, 1.165) is 0 Å². The Morgan fingerprint density at radius 3 is 2.52 bits per heavy atom. The number of phenolic OH excluding ortho intramolecular Hbond substituents is 1. The lowest BCUT2D eigenvalue weighted by molar-refractivity contribution is -0.140. The quantitative estimate of drug-likeness (QED) is 0.258. The normalized spacial score (nSPS) is 17.5. The second kappa shape index (κ2) is 10.4. The summed E-state index contributed by atoms with van der Waals surface area (Å²) < 4.78 is 15.8. The molecule has 0 saturated carbocycles. The average Bonchev–Trinajstić information content (AvgIpc) is 3.05. The van der Waals surface area contributed by atoms with E-state index in [0.29, 0.717) is 42.1 Å². The molecule has 176 valence electrons. The molecule has 2 aromatic carbocycles. The van der Waals surface area contributed by atoms with Gasteiger partial charge in [-0.3, -0.25) is 9.59 Å². The number of methoxy groups -OCH3 is 2. The van der Waals surface area contributed by atoms with E-state index in [2.05, 4.69) is 0 Å². The Bertz CT molecular complexity index is 1080. The molecule has 33 heavy (non-hydrogen) atoms. The predicted octanol–water partition coefficient (Wildman–Crippen LogP) is 3.57. The van der Waals surface area contributed by atoms with Crippen molar-refractivity contribution in [2.75, 3.05) is 34.0 Å². The van der Waals surface area contributed by atoms with Gasteiger partial charge in [0.25, 0.3) is 11.7 Å². The molecule has 1 heterocycles. The topological polar surface area (TPSA) is 106 Å². The smallest absolute Gasteiger partial charge is 0.295 e. The Morgan fingerprint density at radius 1 is 1.12 bits per heavy atom. The summed E-state index contributed by atoms with van der Waals surface area (Å²) in [5, 5.41) is 21.4. The summed E-state index contributed by atoms with van der Waals surface area (Å²) in [5.74, 6) is -0.939. The third-order valence-electron chi connectivity index (χ3n) is 5.58. The van der Waals surface area contributed by atoms with E-state index in [1.807, 2.05) is 0 Å². The van der Waals surface area contributed by atoms with Crippen LogP contribution in [0.25, 0.3) is 5.76 Å². The van der Waals surface area contributed by atoms with Gasteiger partial charge in [0.2, 0.25) is 0 Å². The van der Waals surface area contributed by atoms with Crippen LogP contribution in [-0.4, -0.2) is 60.8 Å². The van der Waals surface area contributed by atoms with Gasteiger partial charge in [-0.05, 0) is 61.7 Å². The molecule has 8 nitrogen and oxygen atoms in total. The molecule has 0 bridgehead atoms. The van der Waals surface area contributed by atoms with E-state index in [4.69, 9.17) is 14.2 Å². The molecule has 0 spiro atoms. The average molecular weight is 456 g/mol. The second-order valence-electron chi connectivity index (χ2n) is 7.68. The lowest BCUT2D eigenvalue weighted by atomic mass is 9.93. The Morgan fingerprint density at radius 2 is 1.88 bits per heavy atom. The number of likely N-dealkylation sites (tertiary alicyclic amines) is 1. The number of ketones is 1. The number of carbonyl (C=O) groups excluding carboxylic acids is 2. The molecule has 0 aromatic heterocycles. The highest BCUT2D eigenvalue weighted by molar-refractivity contribution is 6.46. The second-order valence-corrected chi connectivity index (χ2v) is 7.68. The molecule has 2 aromatic rings. The van der Waals surface area contributed by atoms with Crippen LogP contribution in [-0.2, 0) is 14.3 Å². The summed E-state index contributed by atoms with van der Waals surface area (Å²) >= 11 is 0. The Labute approximate surface area is 193 Å². The number of nitrogens with zero attached hydrogens (tertiary/aromatic N) is 1.